The zero-order valence-electron chi connectivity index (χ0n) is 20.2. The fraction of sp³-hybridized carbons (Fsp3) is 0.208. The molecule has 3 rings (SSSR count). The van der Waals surface area contributed by atoms with E-state index in [1.54, 1.807) is 30.3 Å². The summed E-state index contributed by atoms with van der Waals surface area (Å²) in [4.78, 5) is 12.6. The van der Waals surface area contributed by atoms with Gasteiger partial charge in [-0.25, -0.2) is 16.8 Å². The second-order valence-electron chi connectivity index (χ2n) is 7.85. The predicted octanol–water partition coefficient (Wildman–Crippen LogP) is 3.22. The fourth-order valence-corrected chi connectivity index (χ4v) is 5.22. The molecule has 0 heterocycles. The third kappa shape index (κ3) is 6.67. The number of benzene rings is 3. The summed E-state index contributed by atoms with van der Waals surface area (Å²) in [6.07, 6.45) is 1.00. The molecule has 10 nitrogen and oxygen atoms in total. The highest BCUT2D eigenvalue weighted by molar-refractivity contribution is 7.92. The average molecular weight is 534 g/mol. The molecule has 0 fully saturated rings. The van der Waals surface area contributed by atoms with Gasteiger partial charge in [-0.15, -0.1) is 0 Å². The van der Waals surface area contributed by atoms with E-state index >= 15 is 0 Å². The molecule has 0 saturated carbocycles. The number of sulfonamides is 2. The van der Waals surface area contributed by atoms with Crippen LogP contribution < -0.4 is 23.8 Å². The second-order valence-corrected chi connectivity index (χ2v) is 11.4. The van der Waals surface area contributed by atoms with Crippen molar-refractivity contribution in [2.75, 3.05) is 41.4 Å². The lowest BCUT2D eigenvalue weighted by Crippen LogP contribution is -2.37. The lowest BCUT2D eigenvalue weighted by Gasteiger charge is -2.22. The van der Waals surface area contributed by atoms with Crippen molar-refractivity contribution in [3.8, 4) is 11.5 Å². The van der Waals surface area contributed by atoms with Gasteiger partial charge in [0.15, 0.2) is 0 Å². The van der Waals surface area contributed by atoms with Crippen LogP contribution in [-0.2, 0) is 24.8 Å². The lowest BCUT2D eigenvalue weighted by atomic mass is 10.2. The molecule has 2 N–H and O–H groups in total. The number of rotatable bonds is 10. The summed E-state index contributed by atoms with van der Waals surface area (Å²) in [5, 5.41) is 2.59. The average Bonchev–Trinajstić information content (AvgIpc) is 2.82. The van der Waals surface area contributed by atoms with Gasteiger partial charge >= 0.3 is 0 Å². The van der Waals surface area contributed by atoms with E-state index in [1.165, 1.54) is 50.6 Å². The quantitative estimate of drug-likeness (QED) is 0.409. The Labute approximate surface area is 211 Å². The number of aryl methyl sites for hydroxylation is 1. The standard InChI is InChI=1S/C24H27N3O7S2/c1-17-5-14-23(34-3)22(15-17)26-36(31,32)21-12-6-18(7-13-21)25-24(28)16-27(35(4,29)30)19-8-10-20(33-2)11-9-19/h5-15,26H,16H2,1-4H3,(H,25,28). The highest BCUT2D eigenvalue weighted by Gasteiger charge is 2.22. The maximum Gasteiger partial charge on any atom is 0.262 e. The Morgan fingerprint density at radius 1 is 0.889 bits per heavy atom. The molecule has 0 unspecified atom stereocenters. The van der Waals surface area contributed by atoms with Crippen LogP contribution in [0.25, 0.3) is 0 Å². The predicted molar refractivity (Wildman–Crippen MR) is 139 cm³/mol. The largest absolute Gasteiger partial charge is 0.497 e. The van der Waals surface area contributed by atoms with Crippen molar-refractivity contribution in [3.05, 3.63) is 72.3 Å². The van der Waals surface area contributed by atoms with Crippen LogP contribution in [0.3, 0.4) is 0 Å². The first-order valence-electron chi connectivity index (χ1n) is 10.6. The van der Waals surface area contributed by atoms with E-state index in [-0.39, 0.29) is 4.90 Å². The molecule has 0 aliphatic heterocycles. The van der Waals surface area contributed by atoms with Crippen molar-refractivity contribution in [1.29, 1.82) is 0 Å². The molecule has 0 spiro atoms. The fourth-order valence-electron chi connectivity index (χ4n) is 3.30. The number of amides is 1. The van der Waals surface area contributed by atoms with Gasteiger partial charge in [-0.2, -0.15) is 0 Å². The van der Waals surface area contributed by atoms with Gasteiger partial charge in [-0.05, 0) is 73.2 Å². The van der Waals surface area contributed by atoms with E-state index in [4.69, 9.17) is 9.47 Å². The number of carbonyl (C=O) groups excluding carboxylic acids is 1. The normalized spacial score (nSPS) is 11.4. The minimum Gasteiger partial charge on any atom is -0.497 e. The molecular weight excluding hydrogens is 506 g/mol. The van der Waals surface area contributed by atoms with Crippen LogP contribution in [-0.4, -0.2) is 49.8 Å². The summed E-state index contributed by atoms with van der Waals surface area (Å²) in [5.74, 6) is 0.317. The number of hydrogen-bond acceptors (Lipinski definition) is 7. The van der Waals surface area contributed by atoms with Crippen molar-refractivity contribution in [2.45, 2.75) is 11.8 Å². The first-order valence-corrected chi connectivity index (χ1v) is 14.0. The van der Waals surface area contributed by atoms with Crippen LogP contribution in [0.4, 0.5) is 17.1 Å². The van der Waals surface area contributed by atoms with Gasteiger partial charge in [0.2, 0.25) is 15.9 Å². The topological polar surface area (TPSA) is 131 Å². The highest BCUT2D eigenvalue weighted by Crippen LogP contribution is 2.28. The SMILES string of the molecule is COc1ccc(N(CC(=O)Nc2ccc(S(=O)(=O)Nc3cc(C)ccc3OC)cc2)S(C)(=O)=O)cc1. The van der Waals surface area contributed by atoms with E-state index in [1.807, 2.05) is 6.92 Å². The smallest absolute Gasteiger partial charge is 0.262 e. The molecule has 12 heteroatoms. The van der Waals surface area contributed by atoms with Gasteiger partial charge < -0.3 is 14.8 Å². The van der Waals surface area contributed by atoms with Gasteiger partial charge in [-0.3, -0.25) is 13.8 Å². The Bertz CT molecular complexity index is 1440. The van der Waals surface area contributed by atoms with Crippen LogP contribution >= 0.6 is 0 Å². The Morgan fingerprint density at radius 3 is 2.08 bits per heavy atom. The Balaban J connectivity index is 1.73. The first-order chi connectivity index (χ1) is 16.9. The summed E-state index contributed by atoms with van der Waals surface area (Å²) in [7, 11) is -4.75. The lowest BCUT2D eigenvalue weighted by molar-refractivity contribution is -0.114. The molecule has 0 bridgehead atoms. The number of ether oxygens (including phenoxy) is 2. The maximum absolute atomic E-state index is 12.8. The molecule has 36 heavy (non-hydrogen) atoms. The Morgan fingerprint density at radius 2 is 1.53 bits per heavy atom. The van der Waals surface area contributed by atoms with E-state index in [0.29, 0.717) is 28.6 Å². The molecule has 3 aromatic rings. The van der Waals surface area contributed by atoms with Crippen molar-refractivity contribution in [1.82, 2.24) is 0 Å². The van der Waals surface area contributed by atoms with Gasteiger partial charge in [0.1, 0.15) is 18.0 Å². The van der Waals surface area contributed by atoms with E-state index in [0.717, 1.165) is 16.1 Å². The van der Waals surface area contributed by atoms with Gasteiger partial charge in [0.25, 0.3) is 10.0 Å². The zero-order chi connectivity index (χ0) is 26.5. The molecule has 0 aliphatic carbocycles. The molecule has 1 amide bonds. The number of methoxy groups -OCH3 is 2. The van der Waals surface area contributed by atoms with Crippen molar-refractivity contribution in [2.24, 2.45) is 0 Å². The van der Waals surface area contributed by atoms with E-state index in [9.17, 15) is 21.6 Å². The molecule has 0 radical (unpaired) electrons. The monoisotopic (exact) mass is 533 g/mol. The highest BCUT2D eigenvalue weighted by atomic mass is 32.2. The summed E-state index contributed by atoms with van der Waals surface area (Å²) in [6, 6.07) is 16.8. The summed E-state index contributed by atoms with van der Waals surface area (Å²) < 4.78 is 64.0. The third-order valence-electron chi connectivity index (χ3n) is 5.10. The first kappa shape index (κ1) is 26.8. The maximum atomic E-state index is 12.8. The van der Waals surface area contributed by atoms with Crippen LogP contribution in [0.1, 0.15) is 5.56 Å². The number of hydrogen-bond donors (Lipinski definition) is 2. The molecule has 3 aromatic carbocycles. The van der Waals surface area contributed by atoms with Gasteiger partial charge in [-0.1, -0.05) is 6.07 Å². The van der Waals surface area contributed by atoms with Gasteiger partial charge in [0.05, 0.1) is 36.7 Å². The number of nitrogens with zero attached hydrogens (tertiary/aromatic N) is 1. The molecule has 0 aliphatic rings. The summed E-state index contributed by atoms with van der Waals surface area (Å²) in [6.45, 7) is 1.36. The number of anilines is 3. The van der Waals surface area contributed by atoms with Crippen LogP contribution in [0.5, 0.6) is 11.5 Å². The second kappa shape index (κ2) is 10.9. The third-order valence-corrected chi connectivity index (χ3v) is 7.62. The Kier molecular flexibility index (Phi) is 8.10. The molecule has 192 valence electrons. The summed E-state index contributed by atoms with van der Waals surface area (Å²) in [5.41, 5.74) is 1.75. The minimum atomic E-state index is -3.93. The molecular formula is C24H27N3O7S2. The van der Waals surface area contributed by atoms with Crippen LogP contribution in [0, 0.1) is 6.92 Å². The molecule has 0 atom stereocenters. The van der Waals surface area contributed by atoms with Crippen LogP contribution in [0.15, 0.2) is 71.6 Å². The van der Waals surface area contributed by atoms with E-state index < -0.39 is 32.5 Å². The Hall–Kier alpha value is -3.77. The zero-order valence-corrected chi connectivity index (χ0v) is 21.8. The van der Waals surface area contributed by atoms with Crippen molar-refractivity contribution >= 4 is 43.0 Å². The van der Waals surface area contributed by atoms with Crippen molar-refractivity contribution < 1.29 is 31.1 Å². The van der Waals surface area contributed by atoms with E-state index in [2.05, 4.69) is 10.0 Å². The van der Waals surface area contributed by atoms with Crippen LogP contribution in [0.2, 0.25) is 0 Å². The number of nitrogens with one attached hydrogen (secondary N) is 2. The van der Waals surface area contributed by atoms with Gasteiger partial charge in [0, 0.05) is 5.69 Å². The van der Waals surface area contributed by atoms with Crippen molar-refractivity contribution in [3.63, 3.8) is 0 Å². The summed E-state index contributed by atoms with van der Waals surface area (Å²) >= 11 is 0. The minimum absolute atomic E-state index is 0.0277. The number of carbonyl (C=O) groups is 1. The molecule has 0 saturated heterocycles. The molecule has 0 aromatic heterocycles.